The summed E-state index contributed by atoms with van der Waals surface area (Å²) in [4.78, 5) is 66.8. The van der Waals surface area contributed by atoms with Gasteiger partial charge in [-0.25, -0.2) is 4.99 Å². The van der Waals surface area contributed by atoms with Crippen LogP contribution in [-0.2, 0) is 28.6 Å². The van der Waals surface area contributed by atoms with Gasteiger partial charge in [-0.1, -0.05) is 73.6 Å². The SMILES string of the molecule is CO[C@H]1/C=C/O[C@@]2(C)Oc3c(C)c(O)c4c(O)c(c5c(c4c3C2=O)NC2(CCN(CC(C)C)CC2)N=5)=NC(=O)/C(C)=C\C=C\[C@H](C)[C@H](O)[C@@H](C)[C@@H](O)[C@@H](C)[C@H](OC(=O)CC(=O)NCC(C)C)[C@@H]1C. The molecule has 6 rings (SSSR count). The molecule has 17 heteroatoms. The van der Waals surface area contributed by atoms with Crippen LogP contribution in [0.4, 0.5) is 5.69 Å². The zero-order valence-electron chi connectivity index (χ0n) is 41.5. The number of Topliss-reactive ketones (excluding diaryl/α,β-unsaturated/α-hetero) is 1. The molecular formula is C51H71N5O12. The highest BCUT2D eigenvalue weighted by molar-refractivity contribution is 6.21. The number of hydrogen-bond acceptors (Lipinski definition) is 15. The van der Waals surface area contributed by atoms with E-state index in [0.717, 1.165) is 6.54 Å². The van der Waals surface area contributed by atoms with Crippen molar-refractivity contribution in [3.8, 4) is 17.2 Å². The second kappa shape index (κ2) is 20.7. The molecule has 372 valence electrons. The molecule has 17 nitrogen and oxygen atoms in total. The van der Waals surface area contributed by atoms with Crippen molar-refractivity contribution in [3.63, 3.8) is 0 Å². The fourth-order valence-electron chi connectivity index (χ4n) is 9.75. The number of amides is 2. The number of carbonyl (C=O) groups is 4. The molecule has 0 aromatic heterocycles. The van der Waals surface area contributed by atoms with Gasteiger partial charge < -0.3 is 54.9 Å². The minimum Gasteiger partial charge on any atom is -0.507 e. The fourth-order valence-corrected chi connectivity index (χ4v) is 9.75. The summed E-state index contributed by atoms with van der Waals surface area (Å²) in [5, 5.41) is 53.7. The number of esters is 1. The van der Waals surface area contributed by atoms with Gasteiger partial charge in [0.15, 0.2) is 5.75 Å². The molecule has 0 unspecified atom stereocenters. The summed E-state index contributed by atoms with van der Waals surface area (Å²) in [6.45, 7) is 22.2. The first-order valence-corrected chi connectivity index (χ1v) is 23.8. The van der Waals surface area contributed by atoms with E-state index in [4.69, 9.17) is 23.9 Å². The maximum Gasteiger partial charge on any atom is 0.315 e. The van der Waals surface area contributed by atoms with E-state index in [9.17, 15) is 39.6 Å². The third-order valence-electron chi connectivity index (χ3n) is 13.9. The Kier molecular flexibility index (Phi) is 15.8. The normalized spacial score (nSPS) is 30.5. The van der Waals surface area contributed by atoms with Gasteiger partial charge in [0.25, 0.3) is 11.7 Å². The van der Waals surface area contributed by atoms with Crippen molar-refractivity contribution in [1.82, 2.24) is 10.2 Å². The maximum absolute atomic E-state index is 14.9. The van der Waals surface area contributed by atoms with Crippen molar-refractivity contribution in [2.24, 2.45) is 45.5 Å². The lowest BCUT2D eigenvalue weighted by molar-refractivity contribution is -0.164. The summed E-state index contributed by atoms with van der Waals surface area (Å²) < 4.78 is 24.4. The largest absolute Gasteiger partial charge is 0.507 e. The van der Waals surface area contributed by atoms with Crippen LogP contribution in [0.5, 0.6) is 17.2 Å². The van der Waals surface area contributed by atoms with Crippen LogP contribution in [0.3, 0.4) is 0 Å². The van der Waals surface area contributed by atoms with Crippen LogP contribution < -0.4 is 26.1 Å². The van der Waals surface area contributed by atoms with Crippen molar-refractivity contribution < 1.29 is 58.6 Å². The highest BCUT2D eigenvalue weighted by Gasteiger charge is 2.51. The predicted octanol–water partition coefficient (Wildman–Crippen LogP) is 4.89. The van der Waals surface area contributed by atoms with Gasteiger partial charge in [0, 0.05) is 93.2 Å². The number of ketones is 1. The second-order valence-electron chi connectivity index (χ2n) is 20.2. The number of aliphatic hydroxyl groups is 2. The lowest BCUT2D eigenvalue weighted by atomic mass is 9.78. The zero-order chi connectivity index (χ0) is 50.2. The lowest BCUT2D eigenvalue weighted by Gasteiger charge is -2.38. The number of ether oxygens (including phenoxy) is 4. The molecule has 9 atom stereocenters. The Morgan fingerprint density at radius 2 is 1.62 bits per heavy atom. The molecule has 2 aromatic carbocycles. The number of aromatic hydroxyl groups is 2. The number of carbonyl (C=O) groups excluding carboxylic acids is 4. The van der Waals surface area contributed by atoms with Crippen LogP contribution in [0.25, 0.3) is 10.8 Å². The van der Waals surface area contributed by atoms with Gasteiger partial charge in [-0.15, -0.1) is 0 Å². The van der Waals surface area contributed by atoms with Crippen molar-refractivity contribution in [1.29, 1.82) is 0 Å². The Labute approximate surface area is 398 Å². The van der Waals surface area contributed by atoms with Crippen LogP contribution in [-0.4, -0.2) is 118 Å². The van der Waals surface area contributed by atoms with Crippen LogP contribution in [0.2, 0.25) is 0 Å². The van der Waals surface area contributed by atoms with Gasteiger partial charge in [0.2, 0.25) is 5.91 Å². The summed E-state index contributed by atoms with van der Waals surface area (Å²) >= 11 is 0. The lowest BCUT2D eigenvalue weighted by Crippen LogP contribution is -2.47. The van der Waals surface area contributed by atoms with Crippen LogP contribution in [0.1, 0.15) is 104 Å². The number of anilines is 1. The topological polar surface area (TPSA) is 238 Å². The van der Waals surface area contributed by atoms with E-state index in [1.165, 1.54) is 32.4 Å². The zero-order valence-corrected chi connectivity index (χ0v) is 41.5. The molecule has 4 aliphatic rings. The third kappa shape index (κ3) is 10.5. The number of rotatable bonds is 8. The van der Waals surface area contributed by atoms with Gasteiger partial charge in [-0.05, 0) is 31.8 Å². The molecule has 2 aromatic rings. The van der Waals surface area contributed by atoms with E-state index in [1.54, 1.807) is 53.7 Å². The van der Waals surface area contributed by atoms with Gasteiger partial charge in [0.1, 0.15) is 40.4 Å². The van der Waals surface area contributed by atoms with Crippen molar-refractivity contribution in [2.45, 2.75) is 131 Å². The maximum atomic E-state index is 14.9. The average molecular weight is 946 g/mol. The Balaban J connectivity index is 1.49. The fraction of sp³-hybridized carbons (Fsp3) is 0.608. The molecule has 0 saturated carbocycles. The van der Waals surface area contributed by atoms with Gasteiger partial charge >= 0.3 is 11.8 Å². The molecule has 1 spiro atoms. The van der Waals surface area contributed by atoms with E-state index in [-0.39, 0.29) is 49.9 Å². The molecule has 2 amide bonds. The monoisotopic (exact) mass is 946 g/mol. The molecule has 6 N–H and O–H groups in total. The smallest absolute Gasteiger partial charge is 0.315 e. The number of methoxy groups -OCH3 is 1. The highest BCUT2D eigenvalue weighted by Crippen LogP contribution is 2.51. The molecule has 1 fully saturated rings. The predicted molar refractivity (Wildman–Crippen MR) is 254 cm³/mol. The van der Waals surface area contributed by atoms with Gasteiger partial charge in [-0.3, -0.25) is 24.2 Å². The van der Waals surface area contributed by atoms with Crippen molar-refractivity contribution in [3.05, 3.63) is 58.0 Å². The van der Waals surface area contributed by atoms with Crippen molar-refractivity contribution >= 4 is 40.0 Å². The second-order valence-corrected chi connectivity index (χ2v) is 20.2. The number of nitrogens with one attached hydrogen (secondary N) is 2. The number of likely N-dealkylation sites (tertiary alicyclic amines) is 1. The molecule has 4 aliphatic heterocycles. The number of phenols is 2. The molecule has 1 saturated heterocycles. The van der Waals surface area contributed by atoms with Gasteiger partial charge in [0.05, 0.1) is 41.2 Å². The van der Waals surface area contributed by atoms with Crippen LogP contribution >= 0.6 is 0 Å². The van der Waals surface area contributed by atoms with E-state index in [2.05, 4.69) is 34.4 Å². The van der Waals surface area contributed by atoms with Gasteiger partial charge in [-0.2, -0.15) is 0 Å². The standard InChI is InChI=1S/C51H71N5O12/c1-25(2)23-52-34(57)22-35(58)67-46-29(7)33(65-12)16-21-66-50(11)48(63)38-36-37(44(61)32(10)47(38)68-50)45(62)41(40-39(36)54-51(55-40)17-19-56(20-18-51)24-26(3)4)53-49(64)28(6)15-13-14-27(5)42(59)30(8)43(60)31(46)9/h13-16,21,25-27,29-31,33,42-43,46,54,59-62H,17-20,22-24H2,1-12H3,(H,52,57)/b14-13+,21-16+,28-15-,53-41?/t27-,29+,30+,31+,33-,42-,43+,46+,50-/m0/s1. The number of piperidine rings is 1. The first-order valence-electron chi connectivity index (χ1n) is 23.8. The minimum atomic E-state index is -2.01. The molecule has 0 radical (unpaired) electrons. The minimum absolute atomic E-state index is 0.0256. The van der Waals surface area contributed by atoms with Crippen molar-refractivity contribution in [2.75, 3.05) is 38.6 Å². The van der Waals surface area contributed by atoms with Crippen LogP contribution in [0.15, 0.2) is 46.1 Å². The number of benzene rings is 2. The summed E-state index contributed by atoms with van der Waals surface area (Å²) in [7, 11) is 1.43. The summed E-state index contributed by atoms with van der Waals surface area (Å²) in [6.07, 6.45) is 3.84. The highest BCUT2D eigenvalue weighted by atomic mass is 16.7. The number of nitrogens with zero attached hydrogens (tertiary/aromatic N) is 3. The molecule has 4 heterocycles. The Morgan fingerprint density at radius 3 is 2.25 bits per heavy atom. The Bertz CT molecular complexity index is 2510. The first-order chi connectivity index (χ1) is 31.9. The number of fused-ring (bicyclic) bond motifs is 1. The van der Waals surface area contributed by atoms with E-state index < -0.39 is 101 Å². The summed E-state index contributed by atoms with van der Waals surface area (Å²) in [6, 6.07) is 0. The molecule has 4 bridgehead atoms. The van der Waals surface area contributed by atoms with E-state index in [0.29, 0.717) is 44.1 Å². The summed E-state index contributed by atoms with van der Waals surface area (Å²) in [5.41, 5.74) is -0.236. The molecule has 68 heavy (non-hydrogen) atoms. The van der Waals surface area contributed by atoms with E-state index >= 15 is 0 Å². The van der Waals surface area contributed by atoms with Crippen LogP contribution in [0, 0.1) is 42.4 Å². The number of allylic oxidation sites excluding steroid dienone is 2. The first kappa shape index (κ1) is 52.0. The van der Waals surface area contributed by atoms with E-state index in [1.807, 2.05) is 13.8 Å². The number of hydrogen-bond donors (Lipinski definition) is 6. The molecule has 0 aliphatic carbocycles. The summed E-state index contributed by atoms with van der Waals surface area (Å²) in [5.74, 6) is -7.83. The average Bonchev–Trinajstić information content (AvgIpc) is 3.79. The number of phenolic OH excluding ortho intramolecular Hbond substituents is 2. The third-order valence-corrected chi connectivity index (χ3v) is 13.9. The Morgan fingerprint density at radius 1 is 0.941 bits per heavy atom. The number of aliphatic hydroxyl groups excluding tert-OH is 2. The molecular weight excluding hydrogens is 875 g/mol. The quantitative estimate of drug-likeness (QED) is 0.117. The Hall–Kier alpha value is -5.36.